The van der Waals surface area contributed by atoms with Gasteiger partial charge in [-0.05, 0) is 38.5 Å². The van der Waals surface area contributed by atoms with E-state index in [1.165, 1.54) is 6.08 Å². The van der Waals surface area contributed by atoms with E-state index in [-0.39, 0.29) is 53.3 Å². The van der Waals surface area contributed by atoms with Crippen LogP contribution in [-0.4, -0.2) is 99.1 Å². The SMILES string of the molecule is C=CC(=O)N1CCN(c2nc(OCCN(C)C3S[C@@]3(C)C3CC(F)(F)C3)nc3c2CCN(c2cncc4cccc(Cl)c24)C3)C[C@@H]1CC#N. The predicted octanol–water partition coefficient (Wildman–Crippen LogP) is 5.55. The van der Waals surface area contributed by atoms with Crippen LogP contribution in [0.2, 0.25) is 5.02 Å². The third kappa shape index (κ3) is 6.51. The number of thioether (sulfide) groups is 1. The lowest BCUT2D eigenvalue weighted by atomic mass is 9.73. The molecule has 10 nitrogen and oxygen atoms in total. The Hall–Kier alpha value is -3.73. The minimum Gasteiger partial charge on any atom is -0.462 e. The van der Waals surface area contributed by atoms with Crippen molar-refractivity contribution in [2.45, 2.75) is 61.2 Å². The highest BCUT2D eigenvalue weighted by Gasteiger charge is 2.65. The summed E-state index contributed by atoms with van der Waals surface area (Å²) in [7, 11) is 2.00. The molecule has 2 saturated heterocycles. The number of fused-ring (bicyclic) bond motifs is 2. The van der Waals surface area contributed by atoms with Crippen LogP contribution < -0.4 is 14.5 Å². The van der Waals surface area contributed by atoms with Gasteiger partial charge in [0.2, 0.25) is 11.8 Å². The van der Waals surface area contributed by atoms with Crippen molar-refractivity contribution in [2.75, 3.05) is 56.2 Å². The first-order valence-corrected chi connectivity index (χ1v) is 17.9. The number of hydrogen-bond donors (Lipinski definition) is 0. The van der Waals surface area contributed by atoms with Gasteiger partial charge in [-0.3, -0.25) is 14.7 Å². The Kier molecular flexibility index (Phi) is 9.09. The number of pyridine rings is 1. The van der Waals surface area contributed by atoms with Crippen LogP contribution in [0.5, 0.6) is 6.01 Å². The molecule has 1 amide bonds. The van der Waals surface area contributed by atoms with E-state index in [0.29, 0.717) is 57.3 Å². The average molecular weight is 709 g/mol. The molecule has 0 N–H and O–H groups in total. The number of anilines is 2. The van der Waals surface area contributed by atoms with Gasteiger partial charge in [0.1, 0.15) is 12.4 Å². The Morgan fingerprint density at radius 1 is 1.24 bits per heavy atom. The fourth-order valence-corrected chi connectivity index (χ4v) is 9.27. The van der Waals surface area contributed by atoms with Crippen LogP contribution in [-0.2, 0) is 17.8 Å². The molecule has 2 aromatic heterocycles. The van der Waals surface area contributed by atoms with Crippen LogP contribution in [0.4, 0.5) is 20.3 Å². The van der Waals surface area contributed by atoms with E-state index in [9.17, 15) is 18.8 Å². The minimum absolute atomic E-state index is 0.0225. The monoisotopic (exact) mass is 708 g/mol. The number of alkyl halides is 2. The van der Waals surface area contributed by atoms with Crippen molar-refractivity contribution in [3.8, 4) is 12.1 Å². The summed E-state index contributed by atoms with van der Waals surface area (Å²) >= 11 is 8.43. The van der Waals surface area contributed by atoms with Gasteiger partial charge in [0.15, 0.2) is 0 Å². The van der Waals surface area contributed by atoms with Crippen LogP contribution in [0.15, 0.2) is 43.2 Å². The largest absolute Gasteiger partial charge is 0.462 e. The highest BCUT2D eigenvalue weighted by atomic mass is 35.5. The zero-order valence-corrected chi connectivity index (χ0v) is 29.2. The Balaban J connectivity index is 1.13. The van der Waals surface area contributed by atoms with E-state index in [2.05, 4.69) is 39.3 Å². The van der Waals surface area contributed by atoms with Crippen LogP contribution in [0.3, 0.4) is 0 Å². The Morgan fingerprint density at radius 2 is 2.06 bits per heavy atom. The number of piperazine rings is 1. The second kappa shape index (κ2) is 13.2. The van der Waals surface area contributed by atoms with Crippen molar-refractivity contribution in [3.63, 3.8) is 0 Å². The number of carbonyl (C=O) groups excluding carboxylic acids is 1. The first-order chi connectivity index (χ1) is 23.5. The zero-order valence-electron chi connectivity index (χ0n) is 27.6. The molecule has 3 aromatic rings. The maximum absolute atomic E-state index is 13.6. The molecule has 3 fully saturated rings. The molecule has 258 valence electrons. The molecule has 3 atom stereocenters. The standard InChI is InChI=1S/C35H39ClF2N8O2S/c1-4-29(47)46-13-12-45(20-24(46)8-10-39)31-25-9-11-44(28-19-40-18-22-6-5-7-26(36)30(22)28)21-27(25)41-33(42-31)48-15-14-43(3)32-34(2,49-32)23-16-35(37,38)17-23/h4-7,18-19,23-24,32H,1,8-9,11-17,20-21H2,2-3H3/t24-,32?,34-/m0/s1. The summed E-state index contributed by atoms with van der Waals surface area (Å²) in [6.07, 6.45) is 5.73. The quantitative estimate of drug-likeness (QED) is 0.197. The number of amides is 1. The highest BCUT2D eigenvalue weighted by molar-refractivity contribution is 8.08. The molecule has 0 radical (unpaired) electrons. The fraction of sp³-hybridized carbons (Fsp3) is 0.514. The molecule has 14 heteroatoms. The van der Waals surface area contributed by atoms with E-state index >= 15 is 0 Å². The summed E-state index contributed by atoms with van der Waals surface area (Å²) in [5.74, 6) is -1.94. The molecule has 1 aliphatic carbocycles. The van der Waals surface area contributed by atoms with Gasteiger partial charge in [-0.2, -0.15) is 15.2 Å². The van der Waals surface area contributed by atoms with Crippen molar-refractivity contribution in [3.05, 3.63) is 59.5 Å². The van der Waals surface area contributed by atoms with E-state index in [1.54, 1.807) is 16.7 Å². The normalized spacial score (nSPS) is 24.7. The summed E-state index contributed by atoms with van der Waals surface area (Å²) in [6.45, 7) is 9.26. The first kappa shape index (κ1) is 33.8. The van der Waals surface area contributed by atoms with E-state index < -0.39 is 5.92 Å². The molecule has 1 aromatic carbocycles. The van der Waals surface area contributed by atoms with Crippen molar-refractivity contribution in [2.24, 2.45) is 5.92 Å². The maximum Gasteiger partial charge on any atom is 0.318 e. The highest BCUT2D eigenvalue weighted by Crippen LogP contribution is 2.66. The second-order valence-corrected chi connectivity index (χ2v) is 15.5. The van der Waals surface area contributed by atoms with Crippen LogP contribution in [0.1, 0.15) is 37.4 Å². The molecule has 49 heavy (non-hydrogen) atoms. The molecule has 5 heterocycles. The topological polar surface area (TPSA) is 102 Å². The van der Waals surface area contributed by atoms with Gasteiger partial charge in [-0.25, -0.2) is 8.78 Å². The summed E-state index contributed by atoms with van der Waals surface area (Å²) in [6, 6.07) is 7.97. The van der Waals surface area contributed by atoms with Crippen molar-refractivity contribution in [1.29, 1.82) is 5.26 Å². The van der Waals surface area contributed by atoms with Gasteiger partial charge in [-0.1, -0.05) is 30.3 Å². The number of aromatic nitrogens is 3. The van der Waals surface area contributed by atoms with E-state index in [1.807, 2.05) is 37.6 Å². The molecule has 4 aliphatic rings. The fourth-order valence-electron chi connectivity index (χ4n) is 7.56. The molecule has 1 unspecified atom stereocenters. The number of carbonyl (C=O) groups is 1. The van der Waals surface area contributed by atoms with Crippen molar-refractivity contribution >= 4 is 51.5 Å². The number of benzene rings is 1. The van der Waals surface area contributed by atoms with E-state index in [0.717, 1.165) is 33.5 Å². The minimum atomic E-state index is -2.53. The van der Waals surface area contributed by atoms with Gasteiger partial charge in [0, 0.05) is 72.8 Å². The molecule has 3 aliphatic heterocycles. The molecule has 1 saturated carbocycles. The number of halogens is 3. The number of nitriles is 1. The molecule has 0 spiro atoms. The number of ether oxygens (including phenoxy) is 1. The number of hydrogen-bond acceptors (Lipinski definition) is 10. The van der Waals surface area contributed by atoms with E-state index in [4.69, 9.17) is 26.3 Å². The van der Waals surface area contributed by atoms with Gasteiger partial charge in [-0.15, -0.1) is 11.8 Å². The summed E-state index contributed by atoms with van der Waals surface area (Å²) < 4.78 is 33.2. The van der Waals surface area contributed by atoms with Crippen LogP contribution >= 0.6 is 23.4 Å². The molecule has 0 bridgehead atoms. The summed E-state index contributed by atoms with van der Waals surface area (Å²) in [4.78, 5) is 35.2. The zero-order chi connectivity index (χ0) is 34.5. The van der Waals surface area contributed by atoms with Crippen LogP contribution in [0.25, 0.3) is 10.8 Å². The Morgan fingerprint density at radius 3 is 2.82 bits per heavy atom. The molecule has 7 rings (SSSR count). The predicted molar refractivity (Wildman–Crippen MR) is 187 cm³/mol. The van der Waals surface area contributed by atoms with Gasteiger partial charge < -0.3 is 19.4 Å². The third-order valence-electron chi connectivity index (χ3n) is 10.4. The average Bonchev–Trinajstić information content (AvgIpc) is 3.78. The van der Waals surface area contributed by atoms with Gasteiger partial charge >= 0.3 is 6.01 Å². The lowest BCUT2D eigenvalue weighted by molar-refractivity contribution is -0.128. The summed E-state index contributed by atoms with van der Waals surface area (Å²) in [5.41, 5.74) is 2.78. The van der Waals surface area contributed by atoms with Gasteiger partial charge in [0.25, 0.3) is 0 Å². The summed E-state index contributed by atoms with van der Waals surface area (Å²) in [5, 5.41) is 12.3. The maximum atomic E-state index is 13.6. The lowest BCUT2D eigenvalue weighted by Gasteiger charge is -2.42. The Bertz CT molecular complexity index is 1810. The first-order valence-electron chi connectivity index (χ1n) is 16.6. The number of rotatable bonds is 10. The molecular weight excluding hydrogens is 670 g/mol. The van der Waals surface area contributed by atoms with Crippen LogP contribution in [0, 0.1) is 17.2 Å². The van der Waals surface area contributed by atoms with Crippen molar-refractivity contribution < 1.29 is 18.3 Å². The third-order valence-corrected chi connectivity index (χ3v) is 12.6. The Labute approximate surface area is 294 Å². The smallest absolute Gasteiger partial charge is 0.318 e. The molecular formula is C35H39ClF2N8O2S. The number of likely N-dealkylation sites (N-methyl/N-ethyl adjacent to an activating group) is 1. The lowest BCUT2D eigenvalue weighted by Crippen LogP contribution is -2.55. The van der Waals surface area contributed by atoms with Gasteiger partial charge in [0.05, 0.1) is 53.1 Å². The number of nitrogens with zero attached hydrogens (tertiary/aromatic N) is 8. The van der Waals surface area contributed by atoms with Crippen molar-refractivity contribution in [1.82, 2.24) is 24.8 Å². The second-order valence-electron chi connectivity index (χ2n) is 13.6.